The number of halogens is 2. The third-order valence-corrected chi connectivity index (χ3v) is 3.84. The number of ether oxygens (including phenoxy) is 2. The van der Waals surface area contributed by atoms with Gasteiger partial charge in [-0.05, 0) is 44.2 Å². The fourth-order valence-corrected chi connectivity index (χ4v) is 2.47. The number of aromatic nitrogens is 1. The highest BCUT2D eigenvalue weighted by Crippen LogP contribution is 2.33. The Morgan fingerprint density at radius 1 is 1.00 bits per heavy atom. The maximum absolute atomic E-state index is 14.5. The number of pyridine rings is 1. The van der Waals surface area contributed by atoms with Gasteiger partial charge in [0, 0.05) is 23.9 Å². The number of rotatable bonds is 6. The lowest BCUT2D eigenvalue weighted by atomic mass is 10.2. The standard InChI is InChI=1S/C21H17F2N3O2/c1-3-25-15-7-5-9-17(11-15)28-21-19(23)13(2)18(22)20(26-21)27-16-8-4-6-14(10-16)12-24/h4-11,25H,3H2,1-2H3. The second kappa shape index (κ2) is 8.35. The van der Waals surface area contributed by atoms with Crippen molar-refractivity contribution in [2.75, 3.05) is 11.9 Å². The Hall–Kier alpha value is -3.66. The smallest absolute Gasteiger partial charge is 0.259 e. The maximum atomic E-state index is 14.5. The van der Waals surface area contributed by atoms with E-state index in [2.05, 4.69) is 10.3 Å². The van der Waals surface area contributed by atoms with E-state index in [9.17, 15) is 8.78 Å². The molecule has 1 N–H and O–H groups in total. The lowest BCUT2D eigenvalue weighted by Crippen LogP contribution is -2.02. The molecule has 0 radical (unpaired) electrons. The fraction of sp³-hybridized carbons (Fsp3) is 0.143. The van der Waals surface area contributed by atoms with Crippen molar-refractivity contribution < 1.29 is 18.3 Å². The lowest BCUT2D eigenvalue weighted by molar-refractivity contribution is 0.373. The van der Waals surface area contributed by atoms with Gasteiger partial charge in [-0.1, -0.05) is 12.1 Å². The molecule has 2 aromatic carbocycles. The fourth-order valence-electron chi connectivity index (χ4n) is 2.47. The van der Waals surface area contributed by atoms with Crippen LogP contribution in [0, 0.1) is 29.9 Å². The first-order valence-electron chi connectivity index (χ1n) is 8.57. The zero-order valence-electron chi connectivity index (χ0n) is 15.3. The predicted molar refractivity (Wildman–Crippen MR) is 101 cm³/mol. The van der Waals surface area contributed by atoms with Gasteiger partial charge < -0.3 is 14.8 Å². The second-order valence-electron chi connectivity index (χ2n) is 5.88. The average Bonchev–Trinajstić information content (AvgIpc) is 2.70. The Morgan fingerprint density at radius 2 is 1.61 bits per heavy atom. The Balaban J connectivity index is 1.94. The van der Waals surface area contributed by atoms with Crippen LogP contribution in [-0.2, 0) is 0 Å². The second-order valence-corrected chi connectivity index (χ2v) is 5.88. The van der Waals surface area contributed by atoms with Crippen LogP contribution < -0.4 is 14.8 Å². The van der Waals surface area contributed by atoms with Crippen LogP contribution in [-0.4, -0.2) is 11.5 Å². The number of hydrogen-bond donors (Lipinski definition) is 1. The number of nitriles is 1. The summed E-state index contributed by atoms with van der Waals surface area (Å²) in [6.45, 7) is 3.93. The van der Waals surface area contributed by atoms with Crippen molar-refractivity contribution in [2.24, 2.45) is 0 Å². The minimum absolute atomic E-state index is 0.205. The van der Waals surface area contributed by atoms with Crippen molar-refractivity contribution in [3.05, 3.63) is 71.3 Å². The molecule has 0 aliphatic rings. The number of hydrogen-bond acceptors (Lipinski definition) is 5. The molecule has 0 amide bonds. The molecular formula is C21H17F2N3O2. The van der Waals surface area contributed by atoms with E-state index in [1.54, 1.807) is 36.4 Å². The van der Waals surface area contributed by atoms with E-state index in [-0.39, 0.29) is 11.3 Å². The van der Waals surface area contributed by atoms with Gasteiger partial charge in [0.05, 0.1) is 11.6 Å². The Labute approximate surface area is 161 Å². The normalized spacial score (nSPS) is 10.2. The van der Waals surface area contributed by atoms with Crippen LogP contribution in [0.1, 0.15) is 18.1 Å². The molecule has 0 unspecified atom stereocenters. The molecule has 0 saturated heterocycles. The minimum atomic E-state index is -0.936. The molecule has 1 aromatic heterocycles. The van der Waals surface area contributed by atoms with E-state index < -0.39 is 23.4 Å². The molecular weight excluding hydrogens is 364 g/mol. The van der Waals surface area contributed by atoms with Crippen LogP contribution in [0.25, 0.3) is 0 Å². The monoisotopic (exact) mass is 381 g/mol. The Bertz CT molecular complexity index is 1050. The molecule has 0 bridgehead atoms. The van der Waals surface area contributed by atoms with E-state index in [4.69, 9.17) is 14.7 Å². The van der Waals surface area contributed by atoms with Crippen LogP contribution >= 0.6 is 0 Å². The molecule has 0 saturated carbocycles. The van der Waals surface area contributed by atoms with Gasteiger partial charge in [-0.3, -0.25) is 0 Å². The molecule has 142 valence electrons. The summed E-state index contributed by atoms with van der Waals surface area (Å²) in [5, 5.41) is 12.1. The molecule has 0 atom stereocenters. The first-order valence-corrected chi connectivity index (χ1v) is 8.57. The number of nitrogens with one attached hydrogen (secondary N) is 1. The molecule has 3 rings (SSSR count). The molecule has 5 nitrogen and oxygen atoms in total. The summed E-state index contributed by atoms with van der Waals surface area (Å²) in [7, 11) is 0. The van der Waals surface area contributed by atoms with Gasteiger partial charge in [-0.2, -0.15) is 10.2 Å². The average molecular weight is 381 g/mol. The Morgan fingerprint density at radius 3 is 2.21 bits per heavy atom. The van der Waals surface area contributed by atoms with Gasteiger partial charge in [0.1, 0.15) is 11.5 Å². The molecule has 3 aromatic rings. The number of anilines is 1. The Kier molecular flexibility index (Phi) is 5.70. The van der Waals surface area contributed by atoms with E-state index >= 15 is 0 Å². The molecule has 0 aliphatic carbocycles. The topological polar surface area (TPSA) is 67.2 Å². The van der Waals surface area contributed by atoms with Gasteiger partial charge in [0.25, 0.3) is 11.8 Å². The van der Waals surface area contributed by atoms with Crippen LogP contribution in [0.2, 0.25) is 0 Å². The summed E-state index contributed by atoms with van der Waals surface area (Å²) in [5.41, 5.74) is 0.858. The van der Waals surface area contributed by atoms with Gasteiger partial charge in [0.2, 0.25) is 0 Å². The number of benzene rings is 2. The SMILES string of the molecule is CCNc1cccc(Oc2nc(Oc3cccc(C#N)c3)c(F)c(C)c2F)c1. The minimum Gasteiger partial charge on any atom is -0.436 e. The molecule has 28 heavy (non-hydrogen) atoms. The molecule has 0 spiro atoms. The summed E-state index contributed by atoms with van der Waals surface area (Å²) in [6, 6.07) is 15.0. The highest BCUT2D eigenvalue weighted by Gasteiger charge is 2.21. The van der Waals surface area contributed by atoms with Gasteiger partial charge >= 0.3 is 0 Å². The molecule has 7 heteroatoms. The van der Waals surface area contributed by atoms with Gasteiger partial charge in [-0.25, -0.2) is 8.78 Å². The van der Waals surface area contributed by atoms with Crippen molar-refractivity contribution in [1.82, 2.24) is 4.98 Å². The summed E-state index contributed by atoms with van der Waals surface area (Å²) in [5.74, 6) is -2.14. The molecule has 0 aliphatic heterocycles. The van der Waals surface area contributed by atoms with E-state index in [0.29, 0.717) is 17.9 Å². The van der Waals surface area contributed by atoms with Crippen molar-refractivity contribution in [2.45, 2.75) is 13.8 Å². The largest absolute Gasteiger partial charge is 0.436 e. The van der Waals surface area contributed by atoms with E-state index in [1.807, 2.05) is 19.1 Å². The van der Waals surface area contributed by atoms with E-state index in [0.717, 1.165) is 5.69 Å². The highest BCUT2D eigenvalue weighted by atomic mass is 19.1. The summed E-state index contributed by atoms with van der Waals surface area (Å²) < 4.78 is 39.9. The van der Waals surface area contributed by atoms with Crippen molar-refractivity contribution >= 4 is 5.69 Å². The summed E-state index contributed by atoms with van der Waals surface area (Å²) in [6.07, 6.45) is 0. The highest BCUT2D eigenvalue weighted by molar-refractivity contribution is 5.49. The van der Waals surface area contributed by atoms with Crippen LogP contribution in [0.4, 0.5) is 14.5 Å². The first kappa shape index (κ1) is 19.1. The third-order valence-electron chi connectivity index (χ3n) is 3.84. The lowest BCUT2D eigenvalue weighted by Gasteiger charge is -2.13. The van der Waals surface area contributed by atoms with Crippen LogP contribution in [0.3, 0.4) is 0 Å². The quantitative estimate of drug-likeness (QED) is 0.606. The van der Waals surface area contributed by atoms with E-state index in [1.165, 1.54) is 13.0 Å². The van der Waals surface area contributed by atoms with Crippen LogP contribution in [0.15, 0.2) is 48.5 Å². The first-order chi connectivity index (χ1) is 13.5. The van der Waals surface area contributed by atoms with Crippen LogP contribution in [0.5, 0.6) is 23.3 Å². The summed E-state index contributed by atoms with van der Waals surface area (Å²) >= 11 is 0. The van der Waals surface area contributed by atoms with Crippen molar-refractivity contribution in [3.8, 4) is 29.3 Å². The summed E-state index contributed by atoms with van der Waals surface area (Å²) in [4.78, 5) is 3.86. The zero-order valence-corrected chi connectivity index (χ0v) is 15.3. The van der Waals surface area contributed by atoms with Gasteiger partial charge in [0.15, 0.2) is 11.6 Å². The van der Waals surface area contributed by atoms with Crippen molar-refractivity contribution in [3.63, 3.8) is 0 Å². The predicted octanol–water partition coefficient (Wildman–Crippen LogP) is 5.56. The molecule has 1 heterocycles. The van der Waals surface area contributed by atoms with Crippen molar-refractivity contribution in [1.29, 1.82) is 5.26 Å². The molecule has 0 fully saturated rings. The maximum Gasteiger partial charge on any atom is 0.259 e. The zero-order chi connectivity index (χ0) is 20.1. The third kappa shape index (κ3) is 4.18. The van der Waals surface area contributed by atoms with Gasteiger partial charge in [-0.15, -0.1) is 0 Å². The number of nitrogens with zero attached hydrogens (tertiary/aromatic N) is 2.